The molecule has 0 unspecified atom stereocenters. The molecule has 31 heavy (non-hydrogen) atoms. The molecule has 0 aliphatic carbocycles. The normalized spacial score (nSPS) is 16.2. The fourth-order valence-corrected chi connectivity index (χ4v) is 1.69. The maximum Gasteiger partial charge on any atom is 1.00 e. The van der Waals surface area contributed by atoms with Crippen molar-refractivity contribution in [3.63, 3.8) is 0 Å². The third kappa shape index (κ3) is 4.67. The minimum atomic E-state index is -8.89. The zero-order valence-electron chi connectivity index (χ0n) is 13.5. The molecule has 0 bridgehead atoms. The Kier molecular flexibility index (Phi) is 8.32. The average molecular weight is 522 g/mol. The molecule has 0 atom stereocenters. The Labute approximate surface area is 169 Å². The third-order valence-corrected chi connectivity index (χ3v) is 3.31. The molecule has 0 saturated carbocycles. The van der Waals surface area contributed by atoms with Crippen molar-refractivity contribution in [2.45, 2.75) is 47.8 Å². The van der Waals surface area contributed by atoms with Gasteiger partial charge in [0.1, 0.15) is 0 Å². The Morgan fingerprint density at radius 1 is 0.484 bits per heavy atom. The molecule has 0 radical (unpaired) electrons. The topological polar surface area (TPSA) is 66.4 Å². The fraction of sp³-hybridized carbons (Fsp3) is 1.00. The van der Waals surface area contributed by atoms with Gasteiger partial charge in [-0.2, -0.15) is 74.6 Å². The molecule has 0 aromatic rings. The van der Waals surface area contributed by atoms with Crippen LogP contribution >= 0.6 is 0 Å². The summed E-state index contributed by atoms with van der Waals surface area (Å²) in [7, 11) is -7.24. The maximum absolute atomic E-state index is 13.1. The van der Waals surface area contributed by atoms with Crippen molar-refractivity contribution in [2.75, 3.05) is 0 Å². The van der Waals surface area contributed by atoms with Crippen LogP contribution in [0.25, 0.3) is 0 Å². The smallest absolute Gasteiger partial charge is 0.725 e. The summed E-state index contributed by atoms with van der Waals surface area (Å²) >= 11 is 0. The first-order chi connectivity index (χ1) is 12.5. The molecule has 0 aliphatic heterocycles. The van der Waals surface area contributed by atoms with Gasteiger partial charge in [-0.1, -0.05) is 0 Å². The second-order valence-electron chi connectivity index (χ2n) is 4.95. The van der Waals surface area contributed by atoms with Crippen LogP contribution in [0, 0.1) is 0 Å². The van der Waals surface area contributed by atoms with E-state index in [0.717, 1.165) is 0 Å². The Bertz CT molecular complexity index is 757. The van der Waals surface area contributed by atoms with E-state index >= 15 is 0 Å². The first-order valence-electron chi connectivity index (χ1n) is 5.83. The van der Waals surface area contributed by atoms with Crippen molar-refractivity contribution >= 4 is 10.4 Å². The van der Waals surface area contributed by atoms with Gasteiger partial charge < -0.3 is 4.55 Å². The minimum absolute atomic E-state index is 0. The zero-order valence-corrected chi connectivity index (χ0v) is 14.3. The van der Waals surface area contributed by atoms with E-state index in [1.54, 1.807) is 0 Å². The zero-order chi connectivity index (χ0) is 25.2. The molecule has 0 aromatic heterocycles. The van der Waals surface area contributed by atoms with Crippen LogP contribution in [-0.2, 0) is 14.6 Å². The molecular formula is C8F17LiO4S. The van der Waals surface area contributed by atoms with E-state index in [1.807, 2.05) is 0 Å². The molecule has 0 aliphatic rings. The molecule has 0 amide bonds. The van der Waals surface area contributed by atoms with Crippen molar-refractivity contribution in [1.29, 1.82) is 0 Å². The van der Waals surface area contributed by atoms with Gasteiger partial charge in [0.25, 0.3) is 0 Å². The maximum atomic E-state index is 13.1. The molecule has 4 nitrogen and oxygen atoms in total. The van der Waals surface area contributed by atoms with Crippen molar-refractivity contribution < 1.29 is 111 Å². The van der Waals surface area contributed by atoms with Gasteiger partial charge in [-0.3, -0.25) is 0 Å². The Morgan fingerprint density at radius 3 is 0.935 bits per heavy atom. The number of hydrogen-bond acceptors (Lipinski definition) is 4. The molecule has 0 fully saturated rings. The molecule has 0 N–H and O–H groups in total. The average Bonchev–Trinajstić information content (AvgIpc) is 2.41. The Balaban J connectivity index is 0. The van der Waals surface area contributed by atoms with Gasteiger partial charge in [0, 0.05) is 0 Å². The molecular weight excluding hydrogens is 522 g/mol. The molecule has 0 saturated heterocycles. The van der Waals surface area contributed by atoms with Gasteiger partial charge in [-0.05, 0) is 0 Å². The van der Waals surface area contributed by atoms with Gasteiger partial charge in [-0.15, -0.1) is 0 Å². The molecule has 0 aromatic carbocycles. The number of halogens is 17. The quantitative estimate of drug-likeness (QED) is 0.210. The summed E-state index contributed by atoms with van der Waals surface area (Å²) in [5, 5.41) is 0. The summed E-state index contributed by atoms with van der Waals surface area (Å²) in [4.78, 5) is 0. The van der Waals surface area contributed by atoms with E-state index in [2.05, 4.69) is 0 Å². The van der Waals surface area contributed by atoms with Crippen molar-refractivity contribution in [3.8, 4) is 0 Å². The first kappa shape index (κ1) is 32.5. The van der Waals surface area contributed by atoms with Gasteiger partial charge in [0.05, 0.1) is 0 Å². The minimum Gasteiger partial charge on any atom is -0.725 e. The van der Waals surface area contributed by atoms with Crippen LogP contribution in [0.5, 0.6) is 0 Å². The van der Waals surface area contributed by atoms with Crippen LogP contribution in [0.15, 0.2) is 0 Å². The first-order valence-corrected chi connectivity index (χ1v) is 7.17. The number of alkyl halides is 17. The summed E-state index contributed by atoms with van der Waals surface area (Å²) in [6.07, 6.45) is -15.6. The van der Waals surface area contributed by atoms with Gasteiger partial charge in [-0.25, -0.2) is 12.6 Å². The fourth-order valence-electron chi connectivity index (χ4n) is 1.33. The van der Waals surface area contributed by atoms with Crippen molar-refractivity contribution in [3.05, 3.63) is 0 Å². The van der Waals surface area contributed by atoms with Gasteiger partial charge in [0.2, 0.25) is 10.4 Å². The Hall–Kier alpha value is -0.723. The van der Waals surface area contributed by atoms with E-state index in [1.165, 1.54) is 4.18 Å². The summed E-state index contributed by atoms with van der Waals surface area (Å²) in [6.45, 7) is 0. The molecule has 0 heterocycles. The predicted octanol–water partition coefficient (Wildman–Crippen LogP) is 1.43. The Morgan fingerprint density at radius 2 is 0.710 bits per heavy atom. The van der Waals surface area contributed by atoms with E-state index < -0.39 is 58.2 Å². The number of rotatable bonds is 8. The second kappa shape index (κ2) is 7.95. The second-order valence-corrected chi connectivity index (χ2v) is 5.94. The predicted molar refractivity (Wildman–Crippen MR) is 51.5 cm³/mol. The largest absolute Gasteiger partial charge is 1.00 e. The van der Waals surface area contributed by atoms with Crippen molar-refractivity contribution in [2.24, 2.45) is 0 Å². The van der Waals surface area contributed by atoms with Gasteiger partial charge in [0.15, 0.2) is 0 Å². The molecule has 182 valence electrons. The SMILES string of the molecule is O=S(=O)([O-])OC(F)(F)C(F)(F)C(F)(F)C(F)(F)C(F)(F)C(F)(F)C(F)(F)C(F)(F)F.[Li+]. The summed E-state index contributed by atoms with van der Waals surface area (Å²) in [6, 6.07) is 0. The monoisotopic (exact) mass is 522 g/mol. The molecule has 0 rings (SSSR count). The standard InChI is InChI=1S/C8HF17O4S.Li/c9-1(10,3(13,14)5(17,18)7(21,22)23)2(11,12)4(15,16)6(19,20)8(24,25)29-30(26,27)28;/h(H,26,27,28);/q;+1/p-1. The molecule has 0 spiro atoms. The van der Waals surface area contributed by atoms with Gasteiger partial charge >= 0.3 is 66.7 Å². The van der Waals surface area contributed by atoms with Crippen LogP contribution in [0.4, 0.5) is 74.6 Å². The van der Waals surface area contributed by atoms with E-state index in [0.29, 0.717) is 0 Å². The van der Waals surface area contributed by atoms with Crippen LogP contribution in [0.2, 0.25) is 0 Å². The summed E-state index contributed by atoms with van der Waals surface area (Å²) in [5.74, 6) is -51.9. The van der Waals surface area contributed by atoms with Crippen LogP contribution in [0.3, 0.4) is 0 Å². The van der Waals surface area contributed by atoms with E-state index in [-0.39, 0.29) is 18.9 Å². The van der Waals surface area contributed by atoms with Crippen LogP contribution in [-0.4, -0.2) is 60.8 Å². The third-order valence-electron chi connectivity index (χ3n) is 2.90. The van der Waals surface area contributed by atoms with Crippen molar-refractivity contribution in [1.82, 2.24) is 0 Å². The summed E-state index contributed by atoms with van der Waals surface area (Å²) < 4.78 is 246. The van der Waals surface area contributed by atoms with Crippen LogP contribution in [0.1, 0.15) is 0 Å². The van der Waals surface area contributed by atoms with E-state index in [4.69, 9.17) is 0 Å². The van der Waals surface area contributed by atoms with Crippen LogP contribution < -0.4 is 18.9 Å². The van der Waals surface area contributed by atoms with E-state index in [9.17, 15) is 87.6 Å². The molecule has 23 heteroatoms. The summed E-state index contributed by atoms with van der Waals surface area (Å²) in [5.41, 5.74) is 0. The number of hydrogen-bond donors (Lipinski definition) is 0.